The van der Waals surface area contributed by atoms with E-state index < -0.39 is 29.6 Å². The average molecular weight is 506 g/mol. The van der Waals surface area contributed by atoms with E-state index in [-0.39, 0.29) is 0 Å². The van der Waals surface area contributed by atoms with Gasteiger partial charge in [-0.05, 0) is 45.7 Å². The average Bonchev–Trinajstić information content (AvgIpc) is 3.33. The lowest BCUT2D eigenvalue weighted by Gasteiger charge is -2.36. The second-order valence-electron chi connectivity index (χ2n) is 9.98. The molecule has 38 heavy (non-hydrogen) atoms. The van der Waals surface area contributed by atoms with E-state index >= 15 is 0 Å². The van der Waals surface area contributed by atoms with E-state index in [9.17, 15) is 9.59 Å². The number of rotatable bonds is 6. The molecule has 6 nitrogen and oxygen atoms in total. The molecule has 1 N–H and O–H groups in total. The van der Waals surface area contributed by atoms with Gasteiger partial charge in [0.1, 0.15) is 12.4 Å². The number of fused-ring (bicyclic) bond motifs is 2. The smallest absolute Gasteiger partial charge is 0.324 e. The molecule has 1 saturated heterocycles. The number of cyclic esters (lactones) is 2. The predicted octanol–water partition coefficient (Wildman–Crippen LogP) is 6.48. The summed E-state index contributed by atoms with van der Waals surface area (Å²) in [5, 5.41) is 3.25. The molecule has 6 heteroatoms. The summed E-state index contributed by atoms with van der Waals surface area (Å²) in [6.45, 7) is 3.53. The van der Waals surface area contributed by atoms with Crippen LogP contribution in [0.25, 0.3) is 21.7 Å². The fraction of sp³-hybridized carbons (Fsp3) is 0.188. The highest BCUT2D eigenvalue weighted by Gasteiger charge is 2.48. The monoisotopic (exact) mass is 505 g/mol. The van der Waals surface area contributed by atoms with Gasteiger partial charge >= 0.3 is 11.9 Å². The number of aromatic amines is 1. The van der Waals surface area contributed by atoms with Crippen molar-refractivity contribution in [1.29, 1.82) is 0 Å². The van der Waals surface area contributed by atoms with Crippen molar-refractivity contribution in [2.24, 2.45) is 5.92 Å². The predicted molar refractivity (Wildman–Crippen MR) is 145 cm³/mol. The number of aromatic nitrogens is 1. The van der Waals surface area contributed by atoms with Gasteiger partial charge in [0.05, 0.1) is 0 Å². The minimum Gasteiger partial charge on any atom is -0.489 e. The van der Waals surface area contributed by atoms with Gasteiger partial charge in [0.15, 0.2) is 5.92 Å². The summed E-state index contributed by atoms with van der Waals surface area (Å²) in [5.74, 6) is -3.54. The van der Waals surface area contributed by atoms with E-state index in [1.165, 1.54) is 5.39 Å². The first kappa shape index (κ1) is 23.8. The van der Waals surface area contributed by atoms with Gasteiger partial charge < -0.3 is 19.2 Å². The third-order valence-electron chi connectivity index (χ3n) is 7.00. The Bertz CT molecular complexity index is 1620. The normalized spacial score (nSPS) is 16.3. The zero-order chi connectivity index (χ0) is 26.3. The van der Waals surface area contributed by atoms with Crippen LogP contribution in [0.15, 0.2) is 97.2 Å². The number of ether oxygens (including phenoxy) is 3. The third kappa shape index (κ3) is 4.39. The number of nitrogens with one attached hydrogen (secondary N) is 1. The maximum absolute atomic E-state index is 13.1. The first-order valence-corrected chi connectivity index (χ1v) is 12.6. The number of hydrogen-bond acceptors (Lipinski definition) is 5. The van der Waals surface area contributed by atoms with Crippen molar-refractivity contribution in [3.63, 3.8) is 0 Å². The fourth-order valence-corrected chi connectivity index (χ4v) is 5.25. The quantitative estimate of drug-likeness (QED) is 0.211. The lowest BCUT2D eigenvalue weighted by Crippen LogP contribution is -2.48. The molecule has 5 aromatic rings. The summed E-state index contributed by atoms with van der Waals surface area (Å²) in [6.07, 6.45) is 1.85. The van der Waals surface area contributed by atoms with Crippen molar-refractivity contribution in [2.75, 3.05) is 0 Å². The van der Waals surface area contributed by atoms with Crippen molar-refractivity contribution < 1.29 is 23.8 Å². The Morgan fingerprint density at radius 3 is 2.24 bits per heavy atom. The summed E-state index contributed by atoms with van der Waals surface area (Å²) in [5.41, 5.74) is 3.62. The van der Waals surface area contributed by atoms with Crippen molar-refractivity contribution in [3.8, 4) is 5.75 Å². The van der Waals surface area contributed by atoms with Crippen LogP contribution in [0.2, 0.25) is 0 Å². The molecule has 0 saturated carbocycles. The van der Waals surface area contributed by atoms with E-state index in [4.69, 9.17) is 14.2 Å². The van der Waals surface area contributed by atoms with Crippen LogP contribution in [-0.4, -0.2) is 22.7 Å². The van der Waals surface area contributed by atoms with Gasteiger partial charge in [-0.1, -0.05) is 72.8 Å². The van der Waals surface area contributed by atoms with Crippen LogP contribution in [0, 0.1) is 5.92 Å². The minimum atomic E-state index is -1.30. The van der Waals surface area contributed by atoms with Gasteiger partial charge in [-0.15, -0.1) is 0 Å². The number of H-pyrrole nitrogens is 1. The highest BCUT2D eigenvalue weighted by molar-refractivity contribution is 5.99. The minimum absolute atomic E-state index is 0.420. The summed E-state index contributed by atoms with van der Waals surface area (Å²) in [7, 11) is 0. The molecule has 0 radical (unpaired) electrons. The zero-order valence-corrected chi connectivity index (χ0v) is 21.1. The van der Waals surface area contributed by atoms with Gasteiger partial charge in [-0.25, -0.2) is 0 Å². The topological polar surface area (TPSA) is 77.6 Å². The number of para-hydroxylation sites is 1. The lowest BCUT2D eigenvalue weighted by atomic mass is 9.80. The number of carbonyl (C=O) groups is 2. The molecule has 1 fully saturated rings. The molecular formula is C32H27NO5. The molecule has 0 unspecified atom stereocenters. The molecule has 1 aliphatic rings. The Labute approximate surface area is 220 Å². The molecule has 1 atom stereocenters. The van der Waals surface area contributed by atoms with E-state index in [0.717, 1.165) is 33.0 Å². The van der Waals surface area contributed by atoms with E-state index in [0.29, 0.717) is 12.4 Å². The number of carbonyl (C=O) groups excluding carboxylic acids is 2. The molecule has 6 rings (SSSR count). The second-order valence-corrected chi connectivity index (χ2v) is 9.98. The largest absolute Gasteiger partial charge is 0.489 e. The molecule has 0 aliphatic carbocycles. The maximum Gasteiger partial charge on any atom is 0.324 e. The summed E-state index contributed by atoms with van der Waals surface area (Å²) >= 11 is 0. The third-order valence-corrected chi connectivity index (χ3v) is 7.00. The molecule has 1 aliphatic heterocycles. The lowest BCUT2D eigenvalue weighted by molar-refractivity contribution is -0.240. The fourth-order valence-electron chi connectivity index (χ4n) is 5.25. The Balaban J connectivity index is 1.33. The molecule has 2 heterocycles. The first-order chi connectivity index (χ1) is 18.4. The SMILES string of the molecule is CC1(C)OC(=O)C([C@H](c2ccc(OCc3cccc4ccccc34)cc2)c2c[nH]c3ccccc23)C(=O)O1. The Kier molecular flexibility index (Phi) is 5.87. The highest BCUT2D eigenvalue weighted by Crippen LogP contribution is 2.41. The van der Waals surface area contributed by atoms with Crippen LogP contribution in [0.1, 0.15) is 36.5 Å². The van der Waals surface area contributed by atoms with E-state index in [2.05, 4.69) is 29.2 Å². The Morgan fingerprint density at radius 1 is 0.816 bits per heavy atom. The van der Waals surface area contributed by atoms with Crippen LogP contribution in [0.5, 0.6) is 5.75 Å². The molecule has 4 aromatic carbocycles. The molecule has 0 spiro atoms. The van der Waals surface area contributed by atoms with Gasteiger partial charge in [0.2, 0.25) is 0 Å². The molecule has 0 bridgehead atoms. The zero-order valence-electron chi connectivity index (χ0n) is 21.1. The van der Waals surface area contributed by atoms with Crippen molar-refractivity contribution in [3.05, 3.63) is 114 Å². The standard InChI is InChI=1S/C32H27NO5/c1-32(2)37-30(34)29(31(35)38-32)28(26-18-33-27-13-6-5-12-25(26)27)21-14-16-23(17-15-21)36-19-22-10-7-9-20-8-3-4-11-24(20)22/h3-18,28-29,33H,19H2,1-2H3/t28-/m1/s1. The maximum atomic E-state index is 13.1. The van der Waals surface area contributed by atoms with Crippen molar-refractivity contribution in [1.82, 2.24) is 4.98 Å². The molecule has 190 valence electrons. The van der Waals surface area contributed by atoms with Gasteiger partial charge in [0.25, 0.3) is 5.79 Å². The van der Waals surface area contributed by atoms with Crippen LogP contribution >= 0.6 is 0 Å². The van der Waals surface area contributed by atoms with E-state index in [1.54, 1.807) is 13.8 Å². The van der Waals surface area contributed by atoms with Crippen molar-refractivity contribution in [2.45, 2.75) is 32.2 Å². The highest BCUT2D eigenvalue weighted by atomic mass is 16.7. The molecule has 0 amide bonds. The van der Waals surface area contributed by atoms with Crippen LogP contribution in [0.3, 0.4) is 0 Å². The Morgan fingerprint density at radius 2 is 1.47 bits per heavy atom. The molecular weight excluding hydrogens is 478 g/mol. The van der Waals surface area contributed by atoms with Gasteiger partial charge in [0, 0.05) is 36.9 Å². The number of hydrogen-bond donors (Lipinski definition) is 1. The molecule has 1 aromatic heterocycles. The van der Waals surface area contributed by atoms with Crippen LogP contribution in [0.4, 0.5) is 0 Å². The first-order valence-electron chi connectivity index (χ1n) is 12.6. The summed E-state index contributed by atoms with van der Waals surface area (Å²) < 4.78 is 17.1. The number of benzene rings is 4. The van der Waals surface area contributed by atoms with Gasteiger partial charge in [-0.3, -0.25) is 9.59 Å². The van der Waals surface area contributed by atoms with Crippen LogP contribution < -0.4 is 4.74 Å². The van der Waals surface area contributed by atoms with Gasteiger partial charge in [-0.2, -0.15) is 0 Å². The van der Waals surface area contributed by atoms with E-state index in [1.807, 2.05) is 72.9 Å². The number of esters is 2. The second kappa shape index (κ2) is 9.38. The summed E-state index contributed by atoms with van der Waals surface area (Å²) in [4.78, 5) is 29.5. The van der Waals surface area contributed by atoms with Crippen LogP contribution in [-0.2, 0) is 25.7 Å². The Hall–Kier alpha value is -4.58. The summed E-state index contributed by atoms with van der Waals surface area (Å²) in [6, 6.07) is 29.7. The van der Waals surface area contributed by atoms with Crippen molar-refractivity contribution >= 4 is 33.6 Å².